The van der Waals surface area contributed by atoms with Crippen molar-refractivity contribution in [3.05, 3.63) is 28.9 Å². The number of anilines is 2. The molecule has 0 bridgehead atoms. The Hall–Kier alpha value is -1.62. The quantitative estimate of drug-likeness (QED) is 0.566. The van der Waals surface area contributed by atoms with Gasteiger partial charge in [-0.3, -0.25) is 0 Å². The first kappa shape index (κ1) is 19.1. The number of nitrogens with zero attached hydrogens (tertiary/aromatic N) is 5. The number of nitrogens with one attached hydrogen (secondary N) is 1. The molecule has 1 N–H and O–H groups in total. The van der Waals surface area contributed by atoms with Crippen LogP contribution in [0.1, 0.15) is 5.56 Å². The van der Waals surface area contributed by atoms with Gasteiger partial charge in [0.25, 0.3) is 0 Å². The van der Waals surface area contributed by atoms with Crippen LogP contribution in [0, 0.1) is 0 Å². The summed E-state index contributed by atoms with van der Waals surface area (Å²) in [6.45, 7) is 0. The van der Waals surface area contributed by atoms with Crippen LogP contribution >= 0.6 is 11.6 Å². The third-order valence-electron chi connectivity index (χ3n) is 3.75. The summed E-state index contributed by atoms with van der Waals surface area (Å²) in [5.41, 5.74) is 1.03. The first-order chi connectivity index (χ1) is 12.0. The van der Waals surface area contributed by atoms with E-state index in [4.69, 9.17) is 11.6 Å². The molecule has 0 aliphatic carbocycles. The summed E-state index contributed by atoms with van der Waals surface area (Å²) in [6, 6.07) is 3.33. The number of fused-ring (bicyclic) bond motifs is 1. The van der Waals surface area contributed by atoms with Gasteiger partial charge in [0.2, 0.25) is 0 Å². The summed E-state index contributed by atoms with van der Waals surface area (Å²) >= 11 is 3.11. The second-order valence-electron chi connectivity index (χ2n) is 6.86. The fourth-order valence-electron chi connectivity index (χ4n) is 2.49. The Balaban J connectivity index is 2.04. The maximum atomic E-state index is 13.3. The van der Waals surface area contributed by atoms with Crippen molar-refractivity contribution in [2.24, 2.45) is 7.05 Å². The number of hydrogen-bond donors (Lipinski definition) is 1. The topological polar surface area (TPSA) is 68.5 Å². The van der Waals surface area contributed by atoms with E-state index in [1.165, 1.54) is 0 Å². The molecule has 0 atom stereocenters. The van der Waals surface area contributed by atoms with Crippen LogP contribution in [0.15, 0.2) is 18.3 Å². The number of hydrogen-bond acceptors (Lipinski definition) is 5. The molecule has 0 saturated heterocycles. The molecule has 6 nitrogen and oxygen atoms in total. The number of rotatable bonds is 3. The van der Waals surface area contributed by atoms with Gasteiger partial charge in [-0.15, -0.1) is 0 Å². The van der Waals surface area contributed by atoms with E-state index in [9.17, 15) is 13.2 Å². The molecule has 2 heterocycles. The van der Waals surface area contributed by atoms with Gasteiger partial charge in [0, 0.05) is 0 Å². The molecule has 2 aromatic heterocycles. The van der Waals surface area contributed by atoms with Crippen LogP contribution in [0.4, 0.5) is 24.8 Å². The van der Waals surface area contributed by atoms with Gasteiger partial charge in [-0.25, -0.2) is 0 Å². The van der Waals surface area contributed by atoms with Crippen LogP contribution in [0.25, 0.3) is 11.0 Å². The van der Waals surface area contributed by atoms with Gasteiger partial charge in [0.1, 0.15) is 0 Å². The maximum absolute atomic E-state index is 13.3. The normalized spacial score (nSPS) is 12.6. The zero-order valence-electron chi connectivity index (χ0n) is 14.5. The molecule has 3 aromatic rings. The van der Waals surface area contributed by atoms with Crippen LogP contribution in [-0.4, -0.2) is 43.3 Å². The Labute approximate surface area is 156 Å². The van der Waals surface area contributed by atoms with E-state index in [0.717, 1.165) is 11.7 Å². The Morgan fingerprint density at radius 3 is 2.50 bits per heavy atom. The van der Waals surface area contributed by atoms with Crippen molar-refractivity contribution in [3.8, 4) is 0 Å². The fourth-order valence-corrected chi connectivity index (χ4v) is 6.85. The minimum absolute atomic E-state index is 0.0739. The number of aromatic nitrogens is 5. The van der Waals surface area contributed by atoms with Gasteiger partial charge in [0.05, 0.1) is 0 Å². The van der Waals surface area contributed by atoms with E-state index in [-0.39, 0.29) is 9.66 Å². The summed E-state index contributed by atoms with van der Waals surface area (Å²) in [4.78, 5) is 13.6. The Morgan fingerprint density at radius 2 is 1.88 bits per heavy atom. The first-order valence-electron chi connectivity index (χ1n) is 7.67. The average Bonchev–Trinajstić information content (AvgIpc) is 2.86. The van der Waals surface area contributed by atoms with Crippen molar-refractivity contribution in [2.45, 2.75) is 21.0 Å². The number of aryl methyl sites for hydroxylation is 1. The molecule has 0 unspecified atom stereocenters. The van der Waals surface area contributed by atoms with Crippen molar-refractivity contribution in [1.29, 1.82) is 0 Å². The molecule has 0 spiro atoms. The summed E-state index contributed by atoms with van der Waals surface area (Å²) < 4.78 is 41.5. The molecular formula is C15H16ClF3N6Sn. The van der Waals surface area contributed by atoms with Gasteiger partial charge < -0.3 is 0 Å². The zero-order chi connectivity index (χ0) is 19.3. The predicted molar refractivity (Wildman–Crippen MR) is 96.8 cm³/mol. The van der Waals surface area contributed by atoms with Gasteiger partial charge in [-0.05, 0) is 0 Å². The molecule has 0 amide bonds. The monoisotopic (exact) mass is 492 g/mol. The SMILES string of the molecule is Cn1nnc2cc(Nc3ncc(C(F)(F)F)[c]([Sn]([CH3])([CH3])[CH3])n3)c(Cl)cc21. The van der Waals surface area contributed by atoms with E-state index in [0.29, 0.717) is 16.2 Å². The Kier molecular flexibility index (Phi) is 4.80. The van der Waals surface area contributed by atoms with E-state index < -0.39 is 30.1 Å². The summed E-state index contributed by atoms with van der Waals surface area (Å²) in [5.74, 6) is 0.0739. The van der Waals surface area contributed by atoms with Gasteiger partial charge >= 0.3 is 157 Å². The van der Waals surface area contributed by atoms with Gasteiger partial charge in [-0.2, -0.15) is 0 Å². The van der Waals surface area contributed by atoms with E-state index >= 15 is 0 Å². The van der Waals surface area contributed by atoms with E-state index in [1.807, 2.05) is 14.8 Å². The third-order valence-corrected chi connectivity index (χ3v) is 9.21. The molecule has 0 radical (unpaired) electrons. The van der Waals surface area contributed by atoms with E-state index in [1.54, 1.807) is 23.9 Å². The van der Waals surface area contributed by atoms with Crippen molar-refractivity contribution < 1.29 is 13.2 Å². The van der Waals surface area contributed by atoms with Crippen molar-refractivity contribution in [3.63, 3.8) is 0 Å². The third kappa shape index (κ3) is 3.73. The number of alkyl halides is 3. The second-order valence-corrected chi connectivity index (χ2v) is 21.5. The van der Waals surface area contributed by atoms with Crippen LogP contribution in [0.2, 0.25) is 19.8 Å². The molecule has 26 heavy (non-hydrogen) atoms. The van der Waals surface area contributed by atoms with Crippen LogP contribution in [-0.2, 0) is 13.2 Å². The Morgan fingerprint density at radius 1 is 1.19 bits per heavy atom. The molecule has 0 fully saturated rings. The molecule has 1 aromatic carbocycles. The number of halogens is 4. The van der Waals surface area contributed by atoms with E-state index in [2.05, 4.69) is 25.6 Å². The molecule has 0 aliphatic heterocycles. The van der Waals surface area contributed by atoms with Gasteiger partial charge in [-0.1, -0.05) is 0 Å². The molecule has 0 aliphatic rings. The van der Waals surface area contributed by atoms with Crippen LogP contribution < -0.4 is 9.03 Å². The summed E-state index contributed by atoms with van der Waals surface area (Å²) in [6.07, 6.45) is -3.64. The predicted octanol–water partition coefficient (Wildman–Crippen LogP) is 3.72. The van der Waals surface area contributed by atoms with Crippen LogP contribution in [0.3, 0.4) is 0 Å². The zero-order valence-corrected chi connectivity index (χ0v) is 18.1. The van der Waals surface area contributed by atoms with Gasteiger partial charge in [0.15, 0.2) is 0 Å². The first-order valence-corrected chi connectivity index (χ1v) is 18.0. The molecule has 3 rings (SSSR count). The average molecular weight is 491 g/mol. The number of benzene rings is 1. The minimum atomic E-state index is -4.48. The fraction of sp³-hybridized carbons (Fsp3) is 0.333. The molecule has 0 saturated carbocycles. The van der Waals surface area contributed by atoms with Crippen LogP contribution in [0.5, 0.6) is 0 Å². The molecular weight excluding hydrogens is 475 g/mol. The van der Waals surface area contributed by atoms with Crippen molar-refractivity contribution in [1.82, 2.24) is 25.0 Å². The summed E-state index contributed by atoms with van der Waals surface area (Å²) in [7, 11) is 1.74. The van der Waals surface area contributed by atoms with Crippen molar-refractivity contribution >= 4 is 56.4 Å². The second kappa shape index (κ2) is 6.52. The summed E-state index contributed by atoms with van der Waals surface area (Å²) in [5, 5.41) is 11.2. The Bertz CT molecular complexity index is 980. The molecule has 138 valence electrons. The standard InChI is InChI=1S/C12H7ClF3N6.3CH3.Sn/c1-22-10-2-7(13)8(3-9(10)20-21-22)19-11-17-4-6(5-18-11)12(14,15)16;;;;/h2-4H,1H3,(H,17,18,19);3*1H3;. The van der Waals surface area contributed by atoms with Crippen molar-refractivity contribution in [2.75, 3.05) is 5.32 Å². The molecule has 11 heteroatoms.